The Morgan fingerprint density at radius 3 is 1.81 bits per heavy atom. The van der Waals surface area contributed by atoms with E-state index in [1.807, 2.05) is 0 Å². The van der Waals surface area contributed by atoms with Crippen molar-refractivity contribution in [2.75, 3.05) is 0 Å². The first-order valence-electron chi connectivity index (χ1n) is 7.70. The maximum Gasteiger partial charge on any atom is 0.343 e. The number of halogens is 1. The summed E-state index contributed by atoms with van der Waals surface area (Å²) in [5.74, 6) is -1.28. The Labute approximate surface area is 156 Å². The largest absolute Gasteiger partial charge is 0.507 e. The summed E-state index contributed by atoms with van der Waals surface area (Å²) in [6, 6.07) is 9.42. The average molecular weight is 419 g/mol. The molecule has 7 heteroatoms. The predicted molar refractivity (Wildman–Crippen MR) is 97.8 cm³/mol. The Balaban J connectivity index is 2.40. The van der Waals surface area contributed by atoms with Crippen LogP contribution in [0.1, 0.15) is 34.1 Å². The van der Waals surface area contributed by atoms with Gasteiger partial charge in [0.1, 0.15) is 23.0 Å². The number of benzene rings is 1. The molecular formula is C19H15BrO6. The van der Waals surface area contributed by atoms with E-state index in [0.29, 0.717) is 10.0 Å². The van der Waals surface area contributed by atoms with E-state index in [2.05, 4.69) is 15.9 Å². The van der Waals surface area contributed by atoms with Crippen molar-refractivity contribution < 1.29 is 19.0 Å². The summed E-state index contributed by atoms with van der Waals surface area (Å²) in [7, 11) is 0. The van der Waals surface area contributed by atoms with E-state index in [0.717, 1.165) is 0 Å². The number of rotatable bonds is 3. The number of hydrogen-bond acceptors (Lipinski definition) is 6. The van der Waals surface area contributed by atoms with Gasteiger partial charge in [-0.05, 0) is 31.5 Å². The fourth-order valence-corrected chi connectivity index (χ4v) is 3.32. The van der Waals surface area contributed by atoms with Crippen LogP contribution < -0.4 is 11.3 Å². The van der Waals surface area contributed by atoms with Gasteiger partial charge in [0.2, 0.25) is 0 Å². The summed E-state index contributed by atoms with van der Waals surface area (Å²) in [4.78, 5) is 24.9. The molecule has 3 rings (SSSR count). The van der Waals surface area contributed by atoms with Gasteiger partial charge in [0, 0.05) is 16.6 Å². The van der Waals surface area contributed by atoms with E-state index in [1.165, 1.54) is 26.0 Å². The smallest absolute Gasteiger partial charge is 0.343 e. The van der Waals surface area contributed by atoms with Crippen LogP contribution in [0.4, 0.5) is 0 Å². The maximum absolute atomic E-state index is 12.5. The lowest BCUT2D eigenvalue weighted by Gasteiger charge is -2.18. The Morgan fingerprint density at radius 2 is 1.38 bits per heavy atom. The van der Waals surface area contributed by atoms with Crippen molar-refractivity contribution in [1.29, 1.82) is 0 Å². The van der Waals surface area contributed by atoms with E-state index < -0.39 is 17.2 Å². The molecule has 2 N–H and O–H groups in total. The van der Waals surface area contributed by atoms with Gasteiger partial charge in [-0.25, -0.2) is 9.59 Å². The predicted octanol–water partition coefficient (Wildman–Crippen LogP) is 3.56. The molecule has 0 aliphatic rings. The van der Waals surface area contributed by atoms with Crippen molar-refractivity contribution in [3.05, 3.63) is 89.9 Å². The van der Waals surface area contributed by atoms with Crippen molar-refractivity contribution in [2.24, 2.45) is 0 Å². The molecule has 0 saturated heterocycles. The zero-order valence-electron chi connectivity index (χ0n) is 13.9. The highest BCUT2D eigenvalue weighted by atomic mass is 79.9. The van der Waals surface area contributed by atoms with Crippen molar-refractivity contribution >= 4 is 15.9 Å². The lowest BCUT2D eigenvalue weighted by Crippen LogP contribution is -2.21. The van der Waals surface area contributed by atoms with Crippen LogP contribution in [0.2, 0.25) is 0 Å². The van der Waals surface area contributed by atoms with Crippen LogP contribution in [0.3, 0.4) is 0 Å². The Hall–Kier alpha value is -2.80. The first-order valence-corrected chi connectivity index (χ1v) is 8.50. The van der Waals surface area contributed by atoms with E-state index in [9.17, 15) is 19.8 Å². The van der Waals surface area contributed by atoms with Crippen LogP contribution in [0.25, 0.3) is 0 Å². The molecule has 0 saturated carbocycles. The van der Waals surface area contributed by atoms with Crippen LogP contribution in [-0.2, 0) is 0 Å². The van der Waals surface area contributed by atoms with Crippen LogP contribution >= 0.6 is 15.9 Å². The molecule has 0 spiro atoms. The summed E-state index contributed by atoms with van der Waals surface area (Å²) in [6.07, 6.45) is 0. The molecule has 134 valence electrons. The van der Waals surface area contributed by atoms with Gasteiger partial charge >= 0.3 is 11.3 Å². The van der Waals surface area contributed by atoms with Crippen LogP contribution in [-0.4, -0.2) is 10.2 Å². The highest BCUT2D eigenvalue weighted by Gasteiger charge is 2.30. The molecule has 0 aliphatic carbocycles. The lowest BCUT2D eigenvalue weighted by molar-refractivity contribution is 0.407. The van der Waals surface area contributed by atoms with Gasteiger partial charge in [-0.1, -0.05) is 28.1 Å². The van der Waals surface area contributed by atoms with Crippen LogP contribution in [0.15, 0.2) is 59.3 Å². The fraction of sp³-hybridized carbons (Fsp3) is 0.158. The third kappa shape index (κ3) is 3.30. The molecule has 2 heterocycles. The molecule has 0 radical (unpaired) electrons. The van der Waals surface area contributed by atoms with Crippen molar-refractivity contribution in [3.8, 4) is 11.5 Å². The number of hydrogen-bond donors (Lipinski definition) is 2. The maximum atomic E-state index is 12.5. The molecule has 0 unspecified atom stereocenters. The summed E-state index contributed by atoms with van der Waals surface area (Å²) in [6.45, 7) is 3.05. The van der Waals surface area contributed by atoms with E-state index in [1.54, 1.807) is 24.3 Å². The topological polar surface area (TPSA) is 101 Å². The molecule has 0 amide bonds. The minimum atomic E-state index is -1.07. The quantitative estimate of drug-likeness (QED) is 0.674. The monoisotopic (exact) mass is 418 g/mol. The third-order valence-electron chi connectivity index (χ3n) is 3.94. The van der Waals surface area contributed by atoms with Gasteiger partial charge in [0.25, 0.3) is 0 Å². The molecule has 1 aromatic carbocycles. The Morgan fingerprint density at radius 1 is 0.885 bits per heavy atom. The Bertz CT molecular complexity index is 1030. The van der Waals surface area contributed by atoms with Crippen molar-refractivity contribution in [3.63, 3.8) is 0 Å². The third-order valence-corrected chi connectivity index (χ3v) is 4.43. The van der Waals surface area contributed by atoms with Gasteiger partial charge in [-0.3, -0.25) is 0 Å². The standard InChI is InChI=1S/C19H15BrO6/c1-9-6-13(21)16(18(23)25-9)15(11-4-3-5-12(20)8-11)17-14(22)7-10(2)26-19(17)24/h3-8,15,21-22H,1-2H3. The molecule has 0 atom stereocenters. The van der Waals surface area contributed by atoms with Gasteiger partial charge in [-0.15, -0.1) is 0 Å². The van der Waals surface area contributed by atoms with Gasteiger partial charge in [0.05, 0.1) is 17.0 Å². The first-order chi connectivity index (χ1) is 12.3. The summed E-state index contributed by atoms with van der Waals surface area (Å²) < 4.78 is 10.9. The molecule has 6 nitrogen and oxygen atoms in total. The van der Waals surface area contributed by atoms with Crippen LogP contribution in [0, 0.1) is 13.8 Å². The minimum Gasteiger partial charge on any atom is -0.507 e. The summed E-state index contributed by atoms with van der Waals surface area (Å²) >= 11 is 3.34. The lowest BCUT2D eigenvalue weighted by atomic mass is 9.85. The van der Waals surface area contributed by atoms with Crippen molar-refractivity contribution in [2.45, 2.75) is 19.8 Å². The second-order valence-electron chi connectivity index (χ2n) is 5.87. The normalized spacial score (nSPS) is 11.1. The van der Waals surface area contributed by atoms with E-state index in [4.69, 9.17) is 8.83 Å². The SMILES string of the molecule is Cc1cc(O)c(C(c2cccc(Br)c2)c2c(O)cc(C)oc2=O)c(=O)o1. The highest BCUT2D eigenvalue weighted by Crippen LogP contribution is 2.38. The molecular weight excluding hydrogens is 404 g/mol. The molecule has 2 aromatic heterocycles. The highest BCUT2D eigenvalue weighted by molar-refractivity contribution is 9.10. The second-order valence-corrected chi connectivity index (χ2v) is 6.79. The zero-order valence-corrected chi connectivity index (χ0v) is 15.5. The number of aromatic hydroxyl groups is 2. The average Bonchev–Trinajstić information content (AvgIpc) is 2.51. The van der Waals surface area contributed by atoms with Crippen LogP contribution in [0.5, 0.6) is 11.5 Å². The molecule has 0 fully saturated rings. The van der Waals surface area contributed by atoms with Gasteiger partial charge < -0.3 is 19.0 Å². The minimum absolute atomic E-state index is 0.153. The molecule has 0 bridgehead atoms. The molecule has 26 heavy (non-hydrogen) atoms. The first kappa shape index (κ1) is 18.0. The molecule has 0 aliphatic heterocycles. The summed E-state index contributed by atoms with van der Waals surface area (Å²) in [5.41, 5.74) is -1.41. The molecule has 3 aromatic rings. The summed E-state index contributed by atoms with van der Waals surface area (Å²) in [5, 5.41) is 20.8. The number of aryl methyl sites for hydroxylation is 2. The fourth-order valence-electron chi connectivity index (χ4n) is 2.91. The zero-order chi connectivity index (χ0) is 19.0. The Kier molecular flexibility index (Phi) is 4.73. The van der Waals surface area contributed by atoms with Gasteiger partial charge in [-0.2, -0.15) is 0 Å². The van der Waals surface area contributed by atoms with Gasteiger partial charge in [0.15, 0.2) is 0 Å². The second kappa shape index (κ2) is 6.84. The van der Waals surface area contributed by atoms with E-state index >= 15 is 0 Å². The van der Waals surface area contributed by atoms with Crippen molar-refractivity contribution in [1.82, 2.24) is 0 Å². The van der Waals surface area contributed by atoms with E-state index in [-0.39, 0.29) is 34.1 Å².